The Morgan fingerprint density at radius 2 is 1.88 bits per heavy atom. The van der Waals surface area contributed by atoms with Crippen LogP contribution < -0.4 is 14.8 Å². The number of nitrogens with zero attached hydrogens (tertiary/aromatic N) is 1. The van der Waals surface area contributed by atoms with Gasteiger partial charge in [0.2, 0.25) is 0 Å². The number of carbonyl (C=O) groups excluding carboxylic acids is 1. The summed E-state index contributed by atoms with van der Waals surface area (Å²) in [5.74, 6) is 1.61. The maximum atomic E-state index is 12.5. The number of H-pyrrole nitrogens is 1. The number of methoxy groups -OCH3 is 2. The highest BCUT2D eigenvalue weighted by molar-refractivity contribution is 5.95. The van der Waals surface area contributed by atoms with Gasteiger partial charge < -0.3 is 19.8 Å². The zero-order chi connectivity index (χ0) is 18.0. The van der Waals surface area contributed by atoms with E-state index in [9.17, 15) is 4.79 Å². The zero-order valence-corrected chi connectivity index (χ0v) is 14.7. The molecule has 0 bridgehead atoms. The molecule has 0 saturated heterocycles. The van der Waals surface area contributed by atoms with E-state index >= 15 is 0 Å². The summed E-state index contributed by atoms with van der Waals surface area (Å²) in [6, 6.07) is 10.8. The number of carbonyl (C=O) groups is 1. The van der Waals surface area contributed by atoms with Crippen LogP contribution in [0.4, 0.5) is 0 Å². The van der Waals surface area contributed by atoms with Gasteiger partial charge in [-0.15, -0.1) is 0 Å². The third-order valence-corrected chi connectivity index (χ3v) is 4.06. The molecule has 1 unspecified atom stereocenters. The molecule has 0 radical (unpaired) electrons. The largest absolute Gasteiger partial charge is 0.493 e. The molecule has 25 heavy (non-hydrogen) atoms. The minimum absolute atomic E-state index is 0.204. The molecule has 0 aliphatic carbocycles. The van der Waals surface area contributed by atoms with Crippen molar-refractivity contribution in [2.24, 2.45) is 0 Å². The topological polar surface area (TPSA) is 76.2 Å². The van der Waals surface area contributed by atoms with Crippen LogP contribution in [0.3, 0.4) is 0 Å². The van der Waals surface area contributed by atoms with E-state index in [0.717, 1.165) is 22.4 Å². The number of hydrogen-bond donors (Lipinski definition) is 2. The fourth-order valence-corrected chi connectivity index (χ4v) is 2.67. The van der Waals surface area contributed by atoms with Gasteiger partial charge in [0.1, 0.15) is 5.82 Å². The summed E-state index contributed by atoms with van der Waals surface area (Å²) in [6.45, 7) is 3.92. The molecule has 2 aromatic carbocycles. The normalized spacial score (nSPS) is 12.0. The van der Waals surface area contributed by atoms with Gasteiger partial charge in [-0.2, -0.15) is 0 Å². The van der Waals surface area contributed by atoms with Gasteiger partial charge in [0, 0.05) is 5.56 Å². The second-order valence-electron chi connectivity index (χ2n) is 5.91. The Hall–Kier alpha value is -3.02. The van der Waals surface area contributed by atoms with Crippen molar-refractivity contribution in [3.8, 4) is 11.5 Å². The fraction of sp³-hybridized carbons (Fsp3) is 0.263. The predicted octanol–water partition coefficient (Wildman–Crippen LogP) is 3.38. The lowest BCUT2D eigenvalue weighted by Gasteiger charge is -2.13. The first-order valence-corrected chi connectivity index (χ1v) is 8.01. The van der Waals surface area contributed by atoms with E-state index in [4.69, 9.17) is 9.47 Å². The standard InChI is InChI=1S/C19H21N3O3/c1-11-5-7-14-15(9-11)22-18(21-14)12(2)20-19(23)13-6-8-16(24-3)17(10-13)25-4/h5-10,12H,1-4H3,(H,20,23)(H,21,22). The van der Waals surface area contributed by atoms with Gasteiger partial charge in [-0.1, -0.05) is 6.07 Å². The van der Waals surface area contributed by atoms with Crippen molar-refractivity contribution in [1.82, 2.24) is 15.3 Å². The van der Waals surface area contributed by atoms with Crippen LogP contribution in [0.25, 0.3) is 11.0 Å². The van der Waals surface area contributed by atoms with Gasteiger partial charge in [0.15, 0.2) is 11.5 Å². The van der Waals surface area contributed by atoms with E-state index in [1.807, 2.05) is 32.0 Å². The number of benzene rings is 2. The van der Waals surface area contributed by atoms with Gasteiger partial charge in [-0.25, -0.2) is 4.98 Å². The Kier molecular flexibility index (Phi) is 4.61. The molecule has 0 aliphatic rings. The highest BCUT2D eigenvalue weighted by atomic mass is 16.5. The van der Waals surface area contributed by atoms with Crippen LogP contribution in [0, 0.1) is 6.92 Å². The lowest BCUT2D eigenvalue weighted by atomic mass is 10.1. The molecule has 3 rings (SSSR count). The van der Waals surface area contributed by atoms with Gasteiger partial charge >= 0.3 is 0 Å². The summed E-state index contributed by atoms with van der Waals surface area (Å²) in [6.07, 6.45) is 0. The van der Waals surface area contributed by atoms with Crippen molar-refractivity contribution in [2.75, 3.05) is 14.2 Å². The quantitative estimate of drug-likeness (QED) is 0.747. The smallest absolute Gasteiger partial charge is 0.251 e. The Bertz CT molecular complexity index is 917. The molecule has 0 spiro atoms. The van der Waals surface area contributed by atoms with Crippen LogP contribution in [0.15, 0.2) is 36.4 Å². The van der Waals surface area contributed by atoms with Crippen LogP contribution in [-0.4, -0.2) is 30.1 Å². The number of amides is 1. The molecular weight excluding hydrogens is 318 g/mol. The van der Waals surface area contributed by atoms with E-state index in [1.165, 1.54) is 0 Å². The minimum atomic E-state index is -0.256. The first-order chi connectivity index (χ1) is 12.0. The van der Waals surface area contributed by atoms with Gasteiger partial charge in [-0.3, -0.25) is 4.79 Å². The van der Waals surface area contributed by atoms with Crippen LogP contribution in [0.1, 0.15) is 34.7 Å². The van der Waals surface area contributed by atoms with E-state index < -0.39 is 0 Å². The molecule has 1 heterocycles. The number of aromatic amines is 1. The Labute approximate surface area is 146 Å². The number of fused-ring (bicyclic) bond motifs is 1. The Morgan fingerprint density at radius 1 is 1.12 bits per heavy atom. The summed E-state index contributed by atoms with van der Waals surface area (Å²) in [7, 11) is 3.10. The Morgan fingerprint density at radius 3 is 2.60 bits per heavy atom. The van der Waals surface area contributed by atoms with Crippen LogP contribution in [-0.2, 0) is 0 Å². The number of ether oxygens (including phenoxy) is 2. The van der Waals surface area contributed by atoms with Crippen molar-refractivity contribution in [1.29, 1.82) is 0 Å². The summed E-state index contributed by atoms with van der Waals surface area (Å²) in [5.41, 5.74) is 3.50. The van der Waals surface area contributed by atoms with E-state index in [0.29, 0.717) is 17.1 Å². The summed E-state index contributed by atoms with van der Waals surface area (Å²) in [4.78, 5) is 20.3. The molecule has 6 heteroatoms. The molecule has 1 aromatic heterocycles. The first-order valence-electron chi connectivity index (χ1n) is 8.01. The van der Waals surface area contributed by atoms with E-state index in [2.05, 4.69) is 15.3 Å². The molecule has 2 N–H and O–H groups in total. The number of imidazole rings is 1. The van der Waals surface area contributed by atoms with Crippen molar-refractivity contribution in [3.63, 3.8) is 0 Å². The lowest BCUT2D eigenvalue weighted by Crippen LogP contribution is -2.27. The average Bonchev–Trinajstić information content (AvgIpc) is 3.04. The number of aryl methyl sites for hydroxylation is 1. The van der Waals surface area contributed by atoms with Crippen LogP contribution in [0.2, 0.25) is 0 Å². The van der Waals surface area contributed by atoms with Crippen molar-refractivity contribution in [2.45, 2.75) is 19.9 Å². The molecule has 0 aliphatic heterocycles. The van der Waals surface area contributed by atoms with Gasteiger partial charge in [0.25, 0.3) is 5.91 Å². The average molecular weight is 339 g/mol. The third-order valence-electron chi connectivity index (χ3n) is 4.06. The highest BCUT2D eigenvalue weighted by Gasteiger charge is 2.16. The summed E-state index contributed by atoms with van der Waals surface area (Å²) >= 11 is 0. The lowest BCUT2D eigenvalue weighted by molar-refractivity contribution is 0.0938. The summed E-state index contributed by atoms with van der Waals surface area (Å²) < 4.78 is 10.4. The van der Waals surface area contributed by atoms with Gasteiger partial charge in [0.05, 0.1) is 31.3 Å². The zero-order valence-electron chi connectivity index (χ0n) is 14.7. The van der Waals surface area contributed by atoms with Crippen LogP contribution >= 0.6 is 0 Å². The first kappa shape index (κ1) is 16.8. The third kappa shape index (κ3) is 3.42. The fourth-order valence-electron chi connectivity index (χ4n) is 2.67. The molecule has 0 saturated carbocycles. The number of aromatic nitrogens is 2. The maximum Gasteiger partial charge on any atom is 0.251 e. The number of hydrogen-bond acceptors (Lipinski definition) is 4. The molecule has 130 valence electrons. The van der Waals surface area contributed by atoms with Crippen molar-refractivity contribution >= 4 is 16.9 Å². The minimum Gasteiger partial charge on any atom is -0.493 e. The second-order valence-corrected chi connectivity index (χ2v) is 5.91. The highest BCUT2D eigenvalue weighted by Crippen LogP contribution is 2.27. The maximum absolute atomic E-state index is 12.5. The molecule has 3 aromatic rings. The van der Waals surface area contributed by atoms with Gasteiger partial charge in [-0.05, 0) is 49.7 Å². The molecule has 6 nitrogen and oxygen atoms in total. The van der Waals surface area contributed by atoms with Crippen molar-refractivity contribution in [3.05, 3.63) is 53.3 Å². The van der Waals surface area contributed by atoms with Crippen LogP contribution in [0.5, 0.6) is 11.5 Å². The monoisotopic (exact) mass is 339 g/mol. The number of rotatable bonds is 5. The molecular formula is C19H21N3O3. The number of nitrogens with one attached hydrogen (secondary N) is 2. The SMILES string of the molecule is COc1ccc(C(=O)NC(C)c2nc3ccc(C)cc3[nH]2)cc1OC. The van der Waals surface area contributed by atoms with Crippen molar-refractivity contribution < 1.29 is 14.3 Å². The van der Waals surface area contributed by atoms with E-state index in [1.54, 1.807) is 32.4 Å². The molecule has 1 amide bonds. The summed E-state index contributed by atoms with van der Waals surface area (Å²) in [5, 5.41) is 2.95. The van der Waals surface area contributed by atoms with E-state index in [-0.39, 0.29) is 11.9 Å². The Balaban J connectivity index is 1.79. The second kappa shape index (κ2) is 6.84. The predicted molar refractivity (Wildman–Crippen MR) is 96.3 cm³/mol. The molecule has 0 fully saturated rings. The molecule has 1 atom stereocenters.